The fourth-order valence-corrected chi connectivity index (χ4v) is 4.66. The van der Waals surface area contributed by atoms with Crippen molar-refractivity contribution in [1.29, 1.82) is 0 Å². The van der Waals surface area contributed by atoms with E-state index in [2.05, 4.69) is 49.1 Å². The van der Waals surface area contributed by atoms with E-state index in [0.717, 1.165) is 54.6 Å². The Morgan fingerprint density at radius 2 is 1.70 bits per heavy atom. The molecule has 0 bridgehead atoms. The van der Waals surface area contributed by atoms with Gasteiger partial charge in [0, 0.05) is 48.8 Å². The van der Waals surface area contributed by atoms with Gasteiger partial charge in [0.25, 0.3) is 0 Å². The zero-order chi connectivity index (χ0) is 22.8. The number of halogens is 1. The summed E-state index contributed by atoms with van der Waals surface area (Å²) in [7, 11) is 2.16. The van der Waals surface area contributed by atoms with Crippen LogP contribution < -0.4 is 4.90 Å². The Morgan fingerprint density at radius 3 is 2.42 bits per heavy atom. The minimum atomic E-state index is -0.176. The molecule has 168 valence electrons. The highest BCUT2D eigenvalue weighted by Gasteiger charge is 2.25. The molecule has 3 heterocycles. The predicted octanol–water partition coefficient (Wildman–Crippen LogP) is 4.64. The van der Waals surface area contributed by atoms with Gasteiger partial charge in [-0.1, -0.05) is 30.3 Å². The molecule has 2 aromatic heterocycles. The molecule has 0 aliphatic carbocycles. The van der Waals surface area contributed by atoms with Crippen LogP contribution in [-0.4, -0.2) is 51.2 Å². The summed E-state index contributed by atoms with van der Waals surface area (Å²) in [4.78, 5) is 13.4. The van der Waals surface area contributed by atoms with Crippen LogP contribution in [0.15, 0.2) is 60.9 Å². The number of rotatable bonds is 5. The zero-order valence-corrected chi connectivity index (χ0v) is 18.9. The molecule has 33 heavy (non-hydrogen) atoms. The molecular formula is C26H27FN6. The SMILES string of the molecule is Cc1cc(F)ccc1CN(C)C1CCN(c2nnc(-c3ncccn3)c3ccccc23)CC1. The maximum Gasteiger partial charge on any atom is 0.180 e. The molecule has 1 saturated heterocycles. The fourth-order valence-electron chi connectivity index (χ4n) is 4.66. The number of benzene rings is 2. The van der Waals surface area contributed by atoms with Gasteiger partial charge in [0.05, 0.1) is 0 Å². The summed E-state index contributed by atoms with van der Waals surface area (Å²) >= 11 is 0. The Kier molecular flexibility index (Phi) is 5.96. The second kappa shape index (κ2) is 9.19. The molecule has 1 aliphatic rings. The number of piperidine rings is 1. The summed E-state index contributed by atoms with van der Waals surface area (Å²) in [6.07, 6.45) is 5.52. The van der Waals surface area contributed by atoms with Crippen LogP contribution in [0.2, 0.25) is 0 Å². The lowest BCUT2D eigenvalue weighted by Gasteiger charge is -2.37. The van der Waals surface area contributed by atoms with Gasteiger partial charge < -0.3 is 4.90 Å². The van der Waals surface area contributed by atoms with Crippen LogP contribution in [0.5, 0.6) is 0 Å². The number of hydrogen-bond acceptors (Lipinski definition) is 6. The van der Waals surface area contributed by atoms with Gasteiger partial charge in [0.15, 0.2) is 11.6 Å². The Morgan fingerprint density at radius 1 is 0.970 bits per heavy atom. The molecule has 1 fully saturated rings. The summed E-state index contributed by atoms with van der Waals surface area (Å²) in [5.74, 6) is 1.33. The fraction of sp³-hybridized carbons (Fsp3) is 0.308. The lowest BCUT2D eigenvalue weighted by molar-refractivity contribution is 0.200. The van der Waals surface area contributed by atoms with E-state index in [1.807, 2.05) is 25.1 Å². The molecule has 4 aromatic rings. The average Bonchev–Trinajstić information content (AvgIpc) is 2.86. The highest BCUT2D eigenvalue weighted by molar-refractivity contribution is 5.99. The average molecular weight is 443 g/mol. The van der Waals surface area contributed by atoms with Crippen LogP contribution in [0, 0.1) is 12.7 Å². The first-order chi connectivity index (χ1) is 16.1. The van der Waals surface area contributed by atoms with Crippen LogP contribution in [-0.2, 0) is 6.54 Å². The molecule has 7 heteroatoms. The Hall–Kier alpha value is -3.45. The first kappa shape index (κ1) is 21.4. The van der Waals surface area contributed by atoms with E-state index in [-0.39, 0.29) is 5.82 Å². The van der Waals surface area contributed by atoms with Crippen molar-refractivity contribution in [2.75, 3.05) is 25.0 Å². The van der Waals surface area contributed by atoms with Crippen molar-refractivity contribution in [3.8, 4) is 11.5 Å². The number of fused-ring (bicyclic) bond motifs is 1. The largest absolute Gasteiger partial charge is 0.354 e. The van der Waals surface area contributed by atoms with Gasteiger partial charge in [-0.2, -0.15) is 0 Å². The van der Waals surface area contributed by atoms with Crippen molar-refractivity contribution in [3.63, 3.8) is 0 Å². The smallest absolute Gasteiger partial charge is 0.180 e. The number of aromatic nitrogens is 4. The van der Waals surface area contributed by atoms with Crippen LogP contribution in [0.1, 0.15) is 24.0 Å². The van der Waals surface area contributed by atoms with E-state index in [1.165, 1.54) is 5.56 Å². The lowest BCUT2D eigenvalue weighted by atomic mass is 10.0. The number of anilines is 1. The molecule has 0 atom stereocenters. The van der Waals surface area contributed by atoms with Crippen molar-refractivity contribution in [2.24, 2.45) is 0 Å². The zero-order valence-electron chi connectivity index (χ0n) is 18.9. The minimum absolute atomic E-state index is 0.176. The summed E-state index contributed by atoms with van der Waals surface area (Å²) in [5.41, 5.74) is 2.89. The van der Waals surface area contributed by atoms with E-state index in [0.29, 0.717) is 17.6 Å². The van der Waals surface area contributed by atoms with E-state index < -0.39 is 0 Å². The van der Waals surface area contributed by atoms with Gasteiger partial charge in [-0.05, 0) is 56.1 Å². The van der Waals surface area contributed by atoms with E-state index in [1.54, 1.807) is 30.6 Å². The van der Waals surface area contributed by atoms with Crippen molar-refractivity contribution in [1.82, 2.24) is 25.1 Å². The third-order valence-corrected chi connectivity index (χ3v) is 6.56. The number of aryl methyl sites for hydroxylation is 1. The van der Waals surface area contributed by atoms with Gasteiger partial charge in [0.2, 0.25) is 0 Å². The van der Waals surface area contributed by atoms with Crippen LogP contribution >= 0.6 is 0 Å². The van der Waals surface area contributed by atoms with Gasteiger partial charge in [-0.25, -0.2) is 14.4 Å². The highest BCUT2D eigenvalue weighted by Crippen LogP contribution is 2.31. The molecule has 0 spiro atoms. The molecule has 5 rings (SSSR count). The third-order valence-electron chi connectivity index (χ3n) is 6.56. The normalized spacial score (nSPS) is 14.8. The van der Waals surface area contributed by atoms with E-state index in [4.69, 9.17) is 0 Å². The third kappa shape index (κ3) is 4.41. The van der Waals surface area contributed by atoms with Gasteiger partial charge in [-0.3, -0.25) is 4.90 Å². The summed E-state index contributed by atoms with van der Waals surface area (Å²) in [5, 5.41) is 11.2. The molecule has 0 saturated carbocycles. The lowest BCUT2D eigenvalue weighted by Crippen LogP contribution is -2.43. The maximum absolute atomic E-state index is 13.4. The van der Waals surface area contributed by atoms with Gasteiger partial charge in [-0.15, -0.1) is 10.2 Å². The van der Waals surface area contributed by atoms with Crippen molar-refractivity contribution >= 4 is 16.6 Å². The van der Waals surface area contributed by atoms with Gasteiger partial charge >= 0.3 is 0 Å². The molecule has 0 unspecified atom stereocenters. The molecule has 6 nitrogen and oxygen atoms in total. The predicted molar refractivity (Wildman–Crippen MR) is 128 cm³/mol. The maximum atomic E-state index is 13.4. The van der Waals surface area contributed by atoms with Gasteiger partial charge in [0.1, 0.15) is 11.5 Å². The quantitative estimate of drug-likeness (QED) is 0.449. The number of nitrogens with zero attached hydrogens (tertiary/aromatic N) is 6. The van der Waals surface area contributed by atoms with Crippen LogP contribution in [0.25, 0.3) is 22.3 Å². The molecular weight excluding hydrogens is 415 g/mol. The van der Waals surface area contributed by atoms with Crippen molar-refractivity contribution in [3.05, 3.63) is 77.9 Å². The Labute approximate surface area is 193 Å². The standard InChI is InChI=1S/C26H27FN6/c1-18-16-20(27)9-8-19(18)17-32(2)21-10-14-33(15-11-21)26-23-7-4-3-6-22(23)24(30-31-26)25-28-12-5-13-29-25/h3-9,12-13,16,21H,10-11,14-15,17H2,1-2H3. The summed E-state index contributed by atoms with van der Waals surface area (Å²) < 4.78 is 13.4. The van der Waals surface area contributed by atoms with Crippen LogP contribution in [0.3, 0.4) is 0 Å². The Bertz CT molecular complexity index is 1250. The minimum Gasteiger partial charge on any atom is -0.354 e. The first-order valence-corrected chi connectivity index (χ1v) is 11.3. The van der Waals surface area contributed by atoms with E-state index in [9.17, 15) is 4.39 Å². The second-order valence-corrected chi connectivity index (χ2v) is 8.69. The number of hydrogen-bond donors (Lipinski definition) is 0. The topological polar surface area (TPSA) is 58.0 Å². The Balaban J connectivity index is 1.32. The molecule has 2 aromatic carbocycles. The van der Waals surface area contributed by atoms with Crippen molar-refractivity contribution < 1.29 is 4.39 Å². The van der Waals surface area contributed by atoms with Crippen molar-refractivity contribution in [2.45, 2.75) is 32.4 Å². The second-order valence-electron chi connectivity index (χ2n) is 8.69. The molecule has 0 amide bonds. The first-order valence-electron chi connectivity index (χ1n) is 11.3. The summed E-state index contributed by atoms with van der Waals surface area (Å²) in [6, 6.07) is 15.5. The monoisotopic (exact) mass is 442 g/mol. The van der Waals surface area contributed by atoms with E-state index >= 15 is 0 Å². The van der Waals surface area contributed by atoms with Crippen LogP contribution in [0.4, 0.5) is 10.2 Å². The highest BCUT2D eigenvalue weighted by atomic mass is 19.1. The molecule has 1 aliphatic heterocycles. The molecule has 0 N–H and O–H groups in total. The molecule has 0 radical (unpaired) electrons. The summed E-state index contributed by atoms with van der Waals surface area (Å²) in [6.45, 7) is 4.63.